The fourth-order valence-electron chi connectivity index (χ4n) is 2.92. The lowest BCUT2D eigenvalue weighted by atomic mass is 10.1. The molecule has 2 aromatic carbocycles. The largest absolute Gasteiger partial charge is 0.491 e. The summed E-state index contributed by atoms with van der Waals surface area (Å²) in [4.78, 5) is 36.0. The fourth-order valence-corrected chi connectivity index (χ4v) is 2.92. The van der Waals surface area contributed by atoms with Gasteiger partial charge in [0.25, 0.3) is 0 Å². The van der Waals surface area contributed by atoms with Crippen LogP contribution in [0.15, 0.2) is 48.5 Å². The van der Waals surface area contributed by atoms with Crippen molar-refractivity contribution in [2.75, 3.05) is 10.6 Å². The summed E-state index contributed by atoms with van der Waals surface area (Å²) >= 11 is 0. The van der Waals surface area contributed by atoms with Gasteiger partial charge in [-0.2, -0.15) is 0 Å². The number of carbonyl (C=O) groups is 3. The number of anilines is 2. The molecule has 6 nitrogen and oxygen atoms in total. The SMILES string of the molecule is CC(=O)c1ccc(NC(=O)C2CC2C(=O)Nc2ccc(OC(C)C)cc2)cc1. The molecular weight excluding hydrogens is 356 g/mol. The molecule has 0 aromatic heterocycles. The second kappa shape index (κ2) is 8.25. The molecule has 0 bridgehead atoms. The molecule has 0 spiro atoms. The Morgan fingerprint density at radius 2 is 1.32 bits per heavy atom. The molecule has 1 aliphatic rings. The van der Waals surface area contributed by atoms with Gasteiger partial charge in [-0.05, 0) is 75.7 Å². The van der Waals surface area contributed by atoms with Crippen LogP contribution in [-0.2, 0) is 9.59 Å². The first-order valence-electron chi connectivity index (χ1n) is 9.33. The lowest BCUT2D eigenvalue weighted by Crippen LogP contribution is -2.20. The van der Waals surface area contributed by atoms with Gasteiger partial charge < -0.3 is 15.4 Å². The molecule has 6 heteroatoms. The number of hydrogen-bond acceptors (Lipinski definition) is 4. The van der Waals surface area contributed by atoms with Crippen LogP contribution in [0.2, 0.25) is 0 Å². The topological polar surface area (TPSA) is 84.5 Å². The number of amides is 2. The second-order valence-corrected chi connectivity index (χ2v) is 7.25. The second-order valence-electron chi connectivity index (χ2n) is 7.25. The van der Waals surface area contributed by atoms with Crippen LogP contribution in [-0.4, -0.2) is 23.7 Å². The number of hydrogen-bond donors (Lipinski definition) is 2. The van der Waals surface area contributed by atoms with E-state index in [9.17, 15) is 14.4 Å². The Balaban J connectivity index is 1.50. The highest BCUT2D eigenvalue weighted by atomic mass is 16.5. The summed E-state index contributed by atoms with van der Waals surface area (Å²) in [5.74, 6) is -0.298. The van der Waals surface area contributed by atoms with Crippen molar-refractivity contribution < 1.29 is 19.1 Å². The summed E-state index contributed by atoms with van der Waals surface area (Å²) in [5, 5.41) is 5.64. The third-order valence-electron chi connectivity index (χ3n) is 4.52. The Morgan fingerprint density at radius 1 is 0.857 bits per heavy atom. The van der Waals surface area contributed by atoms with Gasteiger partial charge in [-0.1, -0.05) is 0 Å². The van der Waals surface area contributed by atoms with Crippen molar-refractivity contribution in [2.45, 2.75) is 33.3 Å². The van der Waals surface area contributed by atoms with Crippen molar-refractivity contribution in [3.05, 3.63) is 54.1 Å². The molecule has 2 amide bonds. The van der Waals surface area contributed by atoms with Crippen LogP contribution >= 0.6 is 0 Å². The van der Waals surface area contributed by atoms with E-state index >= 15 is 0 Å². The van der Waals surface area contributed by atoms with E-state index in [0.29, 0.717) is 23.4 Å². The number of ketones is 1. The van der Waals surface area contributed by atoms with E-state index in [1.807, 2.05) is 13.8 Å². The van der Waals surface area contributed by atoms with E-state index < -0.39 is 0 Å². The zero-order chi connectivity index (χ0) is 20.3. The lowest BCUT2D eigenvalue weighted by molar-refractivity contribution is -0.122. The number of Topliss-reactive ketones (excluding diaryl/α,β-unsaturated/α-hetero) is 1. The van der Waals surface area contributed by atoms with Crippen LogP contribution in [0.25, 0.3) is 0 Å². The number of nitrogens with one attached hydrogen (secondary N) is 2. The number of rotatable bonds is 7. The van der Waals surface area contributed by atoms with Crippen molar-refractivity contribution in [1.29, 1.82) is 0 Å². The van der Waals surface area contributed by atoms with Crippen LogP contribution in [0.4, 0.5) is 11.4 Å². The molecule has 28 heavy (non-hydrogen) atoms. The average molecular weight is 380 g/mol. The third-order valence-corrected chi connectivity index (χ3v) is 4.52. The zero-order valence-corrected chi connectivity index (χ0v) is 16.2. The van der Waals surface area contributed by atoms with Gasteiger partial charge in [0.15, 0.2) is 5.78 Å². The molecule has 1 fully saturated rings. The first-order chi connectivity index (χ1) is 13.3. The maximum atomic E-state index is 12.4. The first-order valence-corrected chi connectivity index (χ1v) is 9.33. The molecule has 2 unspecified atom stereocenters. The molecule has 2 N–H and O–H groups in total. The quantitative estimate of drug-likeness (QED) is 0.714. The Morgan fingerprint density at radius 3 is 1.75 bits per heavy atom. The van der Waals surface area contributed by atoms with Crippen LogP contribution in [0, 0.1) is 11.8 Å². The number of ether oxygens (including phenoxy) is 1. The molecule has 0 heterocycles. The summed E-state index contributed by atoms with van der Waals surface area (Å²) in [5.41, 5.74) is 1.88. The van der Waals surface area contributed by atoms with Crippen LogP contribution in [0.1, 0.15) is 37.6 Å². The summed E-state index contributed by atoms with van der Waals surface area (Å²) in [7, 11) is 0. The Kier molecular flexibility index (Phi) is 5.78. The number of benzene rings is 2. The molecule has 1 aliphatic carbocycles. The standard InChI is InChI=1S/C22H24N2O4/c1-13(2)28-18-10-8-17(9-11-18)24-22(27)20-12-19(20)21(26)23-16-6-4-15(5-7-16)14(3)25/h4-11,13,19-20H,12H2,1-3H3,(H,23,26)(H,24,27). The van der Waals surface area contributed by atoms with Crippen molar-refractivity contribution >= 4 is 29.0 Å². The Labute approximate surface area is 164 Å². The number of carbonyl (C=O) groups excluding carboxylic acids is 3. The minimum atomic E-state index is -0.337. The van der Waals surface area contributed by atoms with Crippen LogP contribution in [0.3, 0.4) is 0 Å². The first kappa shape index (κ1) is 19.6. The van der Waals surface area contributed by atoms with Crippen LogP contribution < -0.4 is 15.4 Å². The minimum Gasteiger partial charge on any atom is -0.491 e. The molecule has 0 radical (unpaired) electrons. The average Bonchev–Trinajstić information content (AvgIpc) is 3.44. The van der Waals surface area contributed by atoms with Gasteiger partial charge in [0.05, 0.1) is 17.9 Å². The van der Waals surface area contributed by atoms with E-state index in [2.05, 4.69) is 10.6 Å². The van der Waals surface area contributed by atoms with E-state index in [0.717, 1.165) is 5.75 Å². The maximum absolute atomic E-state index is 12.4. The molecule has 3 rings (SSSR count). The van der Waals surface area contributed by atoms with Crippen molar-refractivity contribution in [3.8, 4) is 5.75 Å². The van der Waals surface area contributed by atoms with Gasteiger partial charge in [0.1, 0.15) is 5.75 Å². The molecule has 0 aliphatic heterocycles. The monoisotopic (exact) mass is 380 g/mol. The Bertz CT molecular complexity index is 872. The van der Waals surface area contributed by atoms with Crippen molar-refractivity contribution in [1.82, 2.24) is 0 Å². The normalized spacial score (nSPS) is 17.7. The van der Waals surface area contributed by atoms with Gasteiger partial charge in [-0.25, -0.2) is 0 Å². The Hall–Kier alpha value is -3.15. The van der Waals surface area contributed by atoms with Gasteiger partial charge >= 0.3 is 0 Å². The molecule has 146 valence electrons. The molecular formula is C22H24N2O4. The van der Waals surface area contributed by atoms with Gasteiger partial charge in [-0.3, -0.25) is 14.4 Å². The van der Waals surface area contributed by atoms with Gasteiger partial charge in [0.2, 0.25) is 11.8 Å². The smallest absolute Gasteiger partial charge is 0.228 e. The molecule has 2 atom stereocenters. The molecule has 2 aromatic rings. The van der Waals surface area contributed by atoms with E-state index in [1.54, 1.807) is 48.5 Å². The van der Waals surface area contributed by atoms with E-state index in [4.69, 9.17) is 4.74 Å². The minimum absolute atomic E-state index is 0.0272. The third kappa shape index (κ3) is 4.97. The van der Waals surface area contributed by atoms with Crippen LogP contribution in [0.5, 0.6) is 5.75 Å². The van der Waals surface area contributed by atoms with Crippen molar-refractivity contribution in [2.24, 2.45) is 11.8 Å². The van der Waals surface area contributed by atoms with E-state index in [-0.39, 0.29) is 35.5 Å². The summed E-state index contributed by atoms with van der Waals surface area (Å²) in [6.07, 6.45) is 0.613. The predicted octanol–water partition coefficient (Wildman–Crippen LogP) is 3.89. The molecule has 0 saturated heterocycles. The highest BCUT2D eigenvalue weighted by Crippen LogP contribution is 2.40. The van der Waals surface area contributed by atoms with Crippen molar-refractivity contribution in [3.63, 3.8) is 0 Å². The summed E-state index contributed by atoms with van der Waals surface area (Å²) in [6, 6.07) is 13.9. The van der Waals surface area contributed by atoms with E-state index in [1.165, 1.54) is 6.92 Å². The highest BCUT2D eigenvalue weighted by molar-refractivity contribution is 6.03. The van der Waals surface area contributed by atoms with Gasteiger partial charge in [-0.15, -0.1) is 0 Å². The maximum Gasteiger partial charge on any atom is 0.228 e. The summed E-state index contributed by atoms with van der Waals surface area (Å²) < 4.78 is 5.58. The fraction of sp³-hybridized carbons (Fsp3) is 0.318. The lowest BCUT2D eigenvalue weighted by Gasteiger charge is -2.10. The highest BCUT2D eigenvalue weighted by Gasteiger charge is 2.48. The summed E-state index contributed by atoms with van der Waals surface area (Å²) in [6.45, 7) is 5.39. The predicted molar refractivity (Wildman–Crippen MR) is 108 cm³/mol. The zero-order valence-electron chi connectivity index (χ0n) is 16.2. The molecule has 1 saturated carbocycles. The van der Waals surface area contributed by atoms with Gasteiger partial charge in [0, 0.05) is 16.9 Å².